The van der Waals surface area contributed by atoms with E-state index in [1.165, 1.54) is 19.3 Å². The maximum atomic E-state index is 12.2. The number of nitrogens with one attached hydrogen (secondary N) is 1. The van der Waals surface area contributed by atoms with Crippen LogP contribution in [0.3, 0.4) is 0 Å². The number of imide groups is 1. The predicted molar refractivity (Wildman–Crippen MR) is 118 cm³/mol. The first-order chi connectivity index (χ1) is 15.4. The summed E-state index contributed by atoms with van der Waals surface area (Å²) in [5.41, 5.74) is 3.50. The SMILES string of the molecule is COc1ccccc1C(=O)NC(=O)COC(=O)/C=C/c1c(C)nn(-c2ccccc2)c1C. The molecule has 0 saturated carbocycles. The van der Waals surface area contributed by atoms with Crippen LogP contribution in [0.25, 0.3) is 11.8 Å². The van der Waals surface area contributed by atoms with E-state index in [4.69, 9.17) is 9.47 Å². The van der Waals surface area contributed by atoms with Crippen LogP contribution in [0.2, 0.25) is 0 Å². The van der Waals surface area contributed by atoms with Crippen molar-refractivity contribution in [2.75, 3.05) is 13.7 Å². The zero-order chi connectivity index (χ0) is 23.1. The number of nitrogens with zero attached hydrogens (tertiary/aromatic N) is 2. The summed E-state index contributed by atoms with van der Waals surface area (Å²) < 4.78 is 11.8. The molecule has 3 aromatic rings. The molecule has 0 spiro atoms. The summed E-state index contributed by atoms with van der Waals surface area (Å²) >= 11 is 0. The van der Waals surface area contributed by atoms with E-state index in [9.17, 15) is 14.4 Å². The number of esters is 1. The molecule has 0 fully saturated rings. The second kappa shape index (κ2) is 10.2. The molecule has 164 valence electrons. The Labute approximate surface area is 185 Å². The third-order valence-electron chi connectivity index (χ3n) is 4.68. The number of aromatic nitrogens is 2. The fourth-order valence-corrected chi connectivity index (χ4v) is 3.11. The second-order valence-electron chi connectivity index (χ2n) is 6.85. The molecule has 0 unspecified atom stereocenters. The Hall–Kier alpha value is -4.20. The van der Waals surface area contributed by atoms with Gasteiger partial charge in [-0.3, -0.25) is 14.9 Å². The number of carbonyl (C=O) groups excluding carboxylic acids is 3. The predicted octanol–water partition coefficient (Wildman–Crippen LogP) is 3.01. The largest absolute Gasteiger partial charge is 0.496 e. The molecule has 2 amide bonds. The molecule has 3 rings (SSSR count). The van der Waals surface area contributed by atoms with Crippen LogP contribution in [-0.4, -0.2) is 41.3 Å². The topological polar surface area (TPSA) is 99.5 Å². The number of methoxy groups -OCH3 is 1. The first-order valence-corrected chi connectivity index (χ1v) is 9.84. The van der Waals surface area contributed by atoms with Crippen molar-refractivity contribution in [1.82, 2.24) is 15.1 Å². The third kappa shape index (κ3) is 5.28. The van der Waals surface area contributed by atoms with Gasteiger partial charge in [0.05, 0.1) is 24.1 Å². The number of benzene rings is 2. The minimum Gasteiger partial charge on any atom is -0.496 e. The highest BCUT2D eigenvalue weighted by Crippen LogP contribution is 2.19. The van der Waals surface area contributed by atoms with Gasteiger partial charge < -0.3 is 9.47 Å². The van der Waals surface area contributed by atoms with E-state index in [0.717, 1.165) is 22.6 Å². The maximum Gasteiger partial charge on any atom is 0.331 e. The molecule has 8 heteroatoms. The summed E-state index contributed by atoms with van der Waals surface area (Å²) in [6.07, 6.45) is 2.82. The standard InChI is InChI=1S/C24H23N3O5/c1-16-19(17(2)27(26-16)18-9-5-4-6-10-18)13-14-23(29)32-15-22(28)25-24(30)20-11-7-8-12-21(20)31-3/h4-14H,15H2,1-3H3,(H,25,28,30)/b14-13+. The van der Waals surface area contributed by atoms with Crippen LogP contribution in [0.4, 0.5) is 0 Å². The van der Waals surface area contributed by atoms with Crippen LogP contribution in [0.15, 0.2) is 60.7 Å². The molecule has 0 atom stereocenters. The van der Waals surface area contributed by atoms with Crippen molar-refractivity contribution in [3.63, 3.8) is 0 Å². The zero-order valence-corrected chi connectivity index (χ0v) is 18.0. The highest BCUT2D eigenvalue weighted by atomic mass is 16.5. The molecule has 1 aromatic heterocycles. The van der Waals surface area contributed by atoms with Gasteiger partial charge in [-0.1, -0.05) is 30.3 Å². The molecule has 0 bridgehead atoms. The molecule has 1 N–H and O–H groups in total. The molecule has 1 heterocycles. The van der Waals surface area contributed by atoms with Gasteiger partial charge >= 0.3 is 5.97 Å². The molecule has 0 aliphatic carbocycles. The Morgan fingerprint density at radius 2 is 1.72 bits per heavy atom. The lowest BCUT2D eigenvalue weighted by atomic mass is 10.2. The first-order valence-electron chi connectivity index (χ1n) is 9.84. The lowest BCUT2D eigenvalue weighted by Crippen LogP contribution is -2.34. The number of amides is 2. The first kappa shape index (κ1) is 22.5. The number of carbonyl (C=O) groups is 3. The van der Waals surface area contributed by atoms with Crippen molar-refractivity contribution in [1.29, 1.82) is 0 Å². The molecular formula is C24H23N3O5. The summed E-state index contributed by atoms with van der Waals surface area (Å²) in [7, 11) is 1.43. The molecule has 32 heavy (non-hydrogen) atoms. The maximum absolute atomic E-state index is 12.2. The Bertz CT molecular complexity index is 1170. The smallest absolute Gasteiger partial charge is 0.331 e. The lowest BCUT2D eigenvalue weighted by molar-refractivity contribution is -0.143. The second-order valence-corrected chi connectivity index (χ2v) is 6.85. The lowest BCUT2D eigenvalue weighted by Gasteiger charge is -2.08. The Balaban J connectivity index is 1.58. The van der Waals surface area contributed by atoms with Gasteiger partial charge in [0.15, 0.2) is 6.61 Å². The quantitative estimate of drug-likeness (QED) is 0.454. The van der Waals surface area contributed by atoms with Crippen molar-refractivity contribution in [3.8, 4) is 11.4 Å². The minimum atomic E-state index is -0.744. The van der Waals surface area contributed by atoms with Crippen LogP contribution in [0.5, 0.6) is 5.75 Å². The molecule has 8 nitrogen and oxygen atoms in total. The van der Waals surface area contributed by atoms with Gasteiger partial charge in [0.25, 0.3) is 11.8 Å². The van der Waals surface area contributed by atoms with Crippen molar-refractivity contribution in [2.24, 2.45) is 0 Å². The number of para-hydroxylation sites is 2. The Morgan fingerprint density at radius 3 is 2.44 bits per heavy atom. The van der Waals surface area contributed by atoms with Gasteiger partial charge in [0.2, 0.25) is 0 Å². The van der Waals surface area contributed by atoms with Crippen molar-refractivity contribution >= 4 is 23.9 Å². The van der Waals surface area contributed by atoms with E-state index >= 15 is 0 Å². The van der Waals surface area contributed by atoms with Crippen molar-refractivity contribution < 1.29 is 23.9 Å². The fourth-order valence-electron chi connectivity index (χ4n) is 3.11. The minimum absolute atomic E-state index is 0.205. The molecule has 2 aromatic carbocycles. The molecular weight excluding hydrogens is 410 g/mol. The average molecular weight is 433 g/mol. The van der Waals surface area contributed by atoms with Gasteiger partial charge in [-0.05, 0) is 44.2 Å². The monoisotopic (exact) mass is 433 g/mol. The number of ether oxygens (including phenoxy) is 2. The highest BCUT2D eigenvalue weighted by Gasteiger charge is 2.16. The number of hydrogen-bond acceptors (Lipinski definition) is 6. The van der Waals surface area contributed by atoms with Gasteiger partial charge in [0.1, 0.15) is 5.75 Å². The molecule has 0 aliphatic heterocycles. The van der Waals surface area contributed by atoms with Crippen LogP contribution in [0, 0.1) is 13.8 Å². The van der Waals surface area contributed by atoms with Crippen LogP contribution in [-0.2, 0) is 14.3 Å². The zero-order valence-electron chi connectivity index (χ0n) is 18.0. The number of hydrogen-bond donors (Lipinski definition) is 1. The Morgan fingerprint density at radius 1 is 1.03 bits per heavy atom. The van der Waals surface area contributed by atoms with Crippen LogP contribution in [0.1, 0.15) is 27.3 Å². The van der Waals surface area contributed by atoms with Crippen LogP contribution < -0.4 is 10.1 Å². The molecule has 0 aliphatic rings. The third-order valence-corrected chi connectivity index (χ3v) is 4.68. The van der Waals surface area contributed by atoms with E-state index in [2.05, 4.69) is 10.4 Å². The van der Waals surface area contributed by atoms with E-state index < -0.39 is 24.4 Å². The fraction of sp³-hybridized carbons (Fsp3) is 0.167. The van der Waals surface area contributed by atoms with Gasteiger partial charge in [-0.15, -0.1) is 0 Å². The van der Waals surface area contributed by atoms with E-state index in [-0.39, 0.29) is 5.56 Å². The Kier molecular flexibility index (Phi) is 7.17. The summed E-state index contributed by atoms with van der Waals surface area (Å²) in [5.74, 6) is -1.76. The normalized spacial score (nSPS) is 10.7. The summed E-state index contributed by atoms with van der Waals surface area (Å²) in [6.45, 7) is 3.15. The number of aryl methyl sites for hydroxylation is 1. The average Bonchev–Trinajstić information content (AvgIpc) is 3.09. The summed E-state index contributed by atoms with van der Waals surface area (Å²) in [6, 6.07) is 16.1. The number of rotatable bonds is 7. The highest BCUT2D eigenvalue weighted by molar-refractivity contribution is 6.06. The molecule has 0 radical (unpaired) electrons. The summed E-state index contributed by atoms with van der Waals surface area (Å²) in [4.78, 5) is 36.3. The van der Waals surface area contributed by atoms with Gasteiger partial charge in [-0.25, -0.2) is 9.48 Å². The van der Waals surface area contributed by atoms with Crippen molar-refractivity contribution in [2.45, 2.75) is 13.8 Å². The van der Waals surface area contributed by atoms with Gasteiger partial charge in [0, 0.05) is 17.3 Å². The van der Waals surface area contributed by atoms with E-state index in [1.807, 2.05) is 44.2 Å². The van der Waals surface area contributed by atoms with E-state index in [0.29, 0.717) is 5.75 Å². The molecule has 0 saturated heterocycles. The van der Waals surface area contributed by atoms with E-state index in [1.54, 1.807) is 29.0 Å². The van der Waals surface area contributed by atoms with Crippen LogP contribution >= 0.6 is 0 Å². The van der Waals surface area contributed by atoms with Gasteiger partial charge in [-0.2, -0.15) is 5.10 Å². The summed E-state index contributed by atoms with van der Waals surface area (Å²) in [5, 5.41) is 6.68. The van der Waals surface area contributed by atoms with Crippen molar-refractivity contribution in [3.05, 3.63) is 83.2 Å².